The lowest BCUT2D eigenvalue weighted by atomic mass is 10.0. The molecule has 0 spiro atoms. The summed E-state index contributed by atoms with van der Waals surface area (Å²) in [5.74, 6) is -1.78. The maximum absolute atomic E-state index is 12.8. The average Bonchev–Trinajstić information content (AvgIpc) is 2.60. The van der Waals surface area contributed by atoms with E-state index in [0.717, 1.165) is 36.4 Å². The first-order chi connectivity index (χ1) is 13.4. The van der Waals surface area contributed by atoms with Crippen LogP contribution in [0.5, 0.6) is 0 Å². The molecule has 0 saturated heterocycles. The van der Waals surface area contributed by atoms with Crippen LogP contribution in [0.2, 0.25) is 0 Å². The zero-order chi connectivity index (χ0) is 21.8. The van der Waals surface area contributed by atoms with Gasteiger partial charge in [-0.2, -0.15) is 26.3 Å². The predicted octanol–water partition coefficient (Wildman–Crippen LogP) is 3.48. The van der Waals surface area contributed by atoms with E-state index in [1.54, 1.807) is 0 Å². The summed E-state index contributed by atoms with van der Waals surface area (Å²) in [6.07, 6.45) is -9.92. The van der Waals surface area contributed by atoms with Crippen molar-refractivity contribution in [3.63, 3.8) is 0 Å². The zero-order valence-corrected chi connectivity index (χ0v) is 14.8. The molecule has 4 nitrogen and oxygen atoms in total. The number of benzene rings is 2. The van der Waals surface area contributed by atoms with Crippen LogP contribution in [0.25, 0.3) is 0 Å². The molecular weight excluding hydrogens is 402 g/mol. The SMILES string of the molecule is NC(=O)[C@@H](Cc1cccc(C(F)(F)F)c1)NC(=O)Cc1cccc(C(F)(F)F)c1. The number of halogens is 6. The maximum Gasteiger partial charge on any atom is 0.416 e. The van der Waals surface area contributed by atoms with Crippen LogP contribution in [-0.2, 0) is 34.8 Å². The monoisotopic (exact) mass is 418 g/mol. The first-order valence-electron chi connectivity index (χ1n) is 8.27. The van der Waals surface area contributed by atoms with E-state index in [2.05, 4.69) is 5.32 Å². The maximum atomic E-state index is 12.8. The third kappa shape index (κ3) is 6.51. The fourth-order valence-electron chi connectivity index (χ4n) is 2.62. The van der Waals surface area contributed by atoms with Crippen LogP contribution in [0.15, 0.2) is 48.5 Å². The summed E-state index contributed by atoms with van der Waals surface area (Å²) < 4.78 is 76.6. The second kappa shape index (κ2) is 8.54. The lowest BCUT2D eigenvalue weighted by molar-refractivity contribution is -0.138. The number of alkyl halides is 6. The van der Waals surface area contributed by atoms with E-state index in [9.17, 15) is 35.9 Å². The summed E-state index contributed by atoms with van der Waals surface area (Å²) in [6.45, 7) is 0. The Labute approximate surface area is 161 Å². The summed E-state index contributed by atoms with van der Waals surface area (Å²) in [6, 6.07) is 6.94. The van der Waals surface area contributed by atoms with Gasteiger partial charge < -0.3 is 11.1 Å². The molecular formula is C19H16F6N2O2. The Kier molecular flexibility index (Phi) is 6.55. The lowest BCUT2D eigenvalue weighted by Crippen LogP contribution is -2.46. The van der Waals surface area contributed by atoms with Gasteiger partial charge in [0.05, 0.1) is 17.5 Å². The smallest absolute Gasteiger partial charge is 0.368 e. The van der Waals surface area contributed by atoms with Crippen LogP contribution >= 0.6 is 0 Å². The molecule has 0 fully saturated rings. The molecule has 0 aliphatic rings. The Morgan fingerprint density at radius 3 is 1.83 bits per heavy atom. The van der Waals surface area contributed by atoms with Crippen LogP contribution in [0.1, 0.15) is 22.3 Å². The quantitative estimate of drug-likeness (QED) is 0.706. The van der Waals surface area contributed by atoms with Crippen molar-refractivity contribution in [2.75, 3.05) is 0 Å². The Hall–Kier alpha value is -3.04. The zero-order valence-electron chi connectivity index (χ0n) is 14.8. The summed E-state index contributed by atoms with van der Waals surface area (Å²) in [4.78, 5) is 23.7. The van der Waals surface area contributed by atoms with Crippen molar-refractivity contribution in [2.45, 2.75) is 31.2 Å². The number of carbonyl (C=O) groups excluding carboxylic acids is 2. The van der Waals surface area contributed by atoms with Gasteiger partial charge in [-0.05, 0) is 23.3 Å². The standard InChI is InChI=1S/C19H16F6N2O2/c20-18(21,22)13-5-1-3-11(7-13)9-15(17(26)29)27-16(28)10-12-4-2-6-14(8-12)19(23,24)25/h1-8,15H,9-10H2,(H2,26,29)(H,27,28)/t15-/m1/s1. The third-order valence-electron chi connectivity index (χ3n) is 3.99. The highest BCUT2D eigenvalue weighted by molar-refractivity contribution is 5.87. The van der Waals surface area contributed by atoms with Gasteiger partial charge in [0, 0.05) is 6.42 Å². The number of hydrogen-bond acceptors (Lipinski definition) is 2. The van der Waals surface area contributed by atoms with Gasteiger partial charge in [-0.25, -0.2) is 0 Å². The van der Waals surface area contributed by atoms with E-state index in [0.29, 0.717) is 0 Å². The van der Waals surface area contributed by atoms with Crippen molar-refractivity contribution in [1.29, 1.82) is 0 Å². The van der Waals surface area contributed by atoms with Crippen molar-refractivity contribution >= 4 is 11.8 Å². The largest absolute Gasteiger partial charge is 0.416 e. The Bertz CT molecular complexity index is 893. The number of nitrogens with one attached hydrogen (secondary N) is 1. The van der Waals surface area contributed by atoms with E-state index < -0.39 is 47.8 Å². The molecule has 10 heteroatoms. The van der Waals surface area contributed by atoms with Gasteiger partial charge in [-0.1, -0.05) is 36.4 Å². The Morgan fingerprint density at radius 1 is 0.862 bits per heavy atom. The number of carbonyl (C=O) groups is 2. The van der Waals surface area contributed by atoms with Crippen LogP contribution < -0.4 is 11.1 Å². The summed E-state index contributed by atoms with van der Waals surface area (Å²) in [7, 11) is 0. The molecule has 2 aromatic rings. The summed E-state index contributed by atoms with van der Waals surface area (Å²) >= 11 is 0. The van der Waals surface area contributed by atoms with E-state index in [1.807, 2.05) is 0 Å². The van der Waals surface area contributed by atoms with Gasteiger partial charge >= 0.3 is 12.4 Å². The van der Waals surface area contributed by atoms with Crippen LogP contribution in [0.3, 0.4) is 0 Å². The van der Waals surface area contributed by atoms with E-state index in [4.69, 9.17) is 5.73 Å². The second-order valence-electron chi connectivity index (χ2n) is 6.30. The number of nitrogens with two attached hydrogens (primary N) is 1. The molecule has 0 aliphatic heterocycles. The van der Waals surface area contributed by atoms with Crippen LogP contribution in [0, 0.1) is 0 Å². The minimum Gasteiger partial charge on any atom is -0.368 e. The molecule has 0 bridgehead atoms. The second-order valence-corrected chi connectivity index (χ2v) is 6.30. The topological polar surface area (TPSA) is 72.2 Å². The van der Waals surface area contributed by atoms with Crippen LogP contribution in [0.4, 0.5) is 26.3 Å². The highest BCUT2D eigenvalue weighted by atomic mass is 19.4. The number of rotatable bonds is 6. The number of primary amides is 1. The highest BCUT2D eigenvalue weighted by Crippen LogP contribution is 2.30. The van der Waals surface area contributed by atoms with E-state index in [-0.39, 0.29) is 17.5 Å². The molecule has 0 saturated carbocycles. The van der Waals surface area contributed by atoms with Gasteiger partial charge in [-0.3, -0.25) is 9.59 Å². The average molecular weight is 418 g/mol. The van der Waals surface area contributed by atoms with Crippen molar-refractivity contribution in [2.24, 2.45) is 5.73 Å². The first-order valence-corrected chi connectivity index (χ1v) is 8.27. The molecule has 1 atom stereocenters. The normalized spacial score (nSPS) is 13.0. The fourth-order valence-corrected chi connectivity index (χ4v) is 2.62. The minimum atomic E-state index is -4.58. The van der Waals surface area contributed by atoms with Crippen LogP contribution in [-0.4, -0.2) is 17.9 Å². The first kappa shape index (κ1) is 22.3. The lowest BCUT2D eigenvalue weighted by Gasteiger charge is -2.17. The predicted molar refractivity (Wildman–Crippen MR) is 91.4 cm³/mol. The molecule has 29 heavy (non-hydrogen) atoms. The molecule has 2 aromatic carbocycles. The molecule has 3 N–H and O–H groups in total. The van der Waals surface area contributed by atoms with Gasteiger partial charge in [0.2, 0.25) is 11.8 Å². The van der Waals surface area contributed by atoms with Crippen molar-refractivity contribution in [1.82, 2.24) is 5.32 Å². The Morgan fingerprint density at radius 2 is 1.34 bits per heavy atom. The van der Waals surface area contributed by atoms with Gasteiger partial charge in [0.25, 0.3) is 0 Å². The van der Waals surface area contributed by atoms with Gasteiger partial charge in [0.15, 0.2) is 0 Å². The van der Waals surface area contributed by atoms with Gasteiger partial charge in [0.1, 0.15) is 6.04 Å². The van der Waals surface area contributed by atoms with Gasteiger partial charge in [-0.15, -0.1) is 0 Å². The summed E-state index contributed by atoms with van der Waals surface area (Å²) in [5, 5.41) is 2.25. The minimum absolute atomic E-state index is 0.0552. The molecule has 0 aromatic heterocycles. The van der Waals surface area contributed by atoms with Crippen molar-refractivity contribution in [3.05, 3.63) is 70.8 Å². The molecule has 0 radical (unpaired) electrons. The highest BCUT2D eigenvalue weighted by Gasteiger charge is 2.31. The molecule has 0 heterocycles. The fraction of sp³-hybridized carbons (Fsp3) is 0.263. The molecule has 0 aliphatic carbocycles. The molecule has 2 amide bonds. The van der Waals surface area contributed by atoms with E-state index in [1.165, 1.54) is 12.1 Å². The van der Waals surface area contributed by atoms with E-state index >= 15 is 0 Å². The van der Waals surface area contributed by atoms with Crippen molar-refractivity contribution < 1.29 is 35.9 Å². The summed E-state index contributed by atoms with van der Waals surface area (Å²) in [5.41, 5.74) is 3.52. The molecule has 0 unspecified atom stereocenters. The van der Waals surface area contributed by atoms with Crippen molar-refractivity contribution in [3.8, 4) is 0 Å². The third-order valence-corrected chi connectivity index (χ3v) is 3.99. The number of amides is 2. The Balaban J connectivity index is 2.09. The number of hydrogen-bond donors (Lipinski definition) is 2. The molecule has 156 valence electrons. The molecule has 2 rings (SSSR count).